The fraction of sp³-hybridized carbons (Fsp3) is 0.143. The highest BCUT2D eigenvalue weighted by Gasteiger charge is 2.27. The van der Waals surface area contributed by atoms with Gasteiger partial charge in [0.25, 0.3) is 0 Å². The van der Waals surface area contributed by atoms with Gasteiger partial charge in [-0.25, -0.2) is 0 Å². The van der Waals surface area contributed by atoms with Crippen LogP contribution in [0.2, 0.25) is 0 Å². The zero-order chi connectivity index (χ0) is 15.3. The molecule has 0 aliphatic carbocycles. The maximum atomic E-state index is 3.13. The van der Waals surface area contributed by atoms with Crippen LogP contribution >= 0.6 is 21.6 Å². The normalized spacial score (nSPS) is 10.8. The molecule has 0 nitrogen and oxygen atoms in total. The Hall–Kier alpha value is -1.62. The van der Waals surface area contributed by atoms with E-state index in [1.165, 1.54) is 16.7 Å². The topological polar surface area (TPSA) is 0 Å². The molecule has 1 atom stereocenters. The summed E-state index contributed by atoms with van der Waals surface area (Å²) in [5, 5.41) is 0.0178. The van der Waals surface area contributed by atoms with E-state index >= 15 is 0 Å². The zero-order valence-corrected chi connectivity index (χ0v) is 15.0. The lowest BCUT2D eigenvalue weighted by atomic mass is 9.85. The molecule has 23 heavy (non-hydrogen) atoms. The SMILES string of the molecule is Cl.PC(Cc1ccccc1)(Cc1ccccc1)c1ccccc1. The second kappa shape index (κ2) is 8.29. The van der Waals surface area contributed by atoms with Gasteiger partial charge in [0.15, 0.2) is 0 Å². The molecule has 0 aliphatic heterocycles. The van der Waals surface area contributed by atoms with Gasteiger partial charge in [-0.15, -0.1) is 21.6 Å². The predicted molar refractivity (Wildman–Crippen MR) is 105 cm³/mol. The maximum absolute atomic E-state index is 3.13. The summed E-state index contributed by atoms with van der Waals surface area (Å²) in [4.78, 5) is 0. The average Bonchev–Trinajstić information content (AvgIpc) is 2.57. The zero-order valence-electron chi connectivity index (χ0n) is 13.1. The van der Waals surface area contributed by atoms with Crippen molar-refractivity contribution in [3.8, 4) is 0 Å². The third kappa shape index (κ3) is 4.67. The summed E-state index contributed by atoms with van der Waals surface area (Å²) in [5.41, 5.74) is 4.11. The average molecular weight is 341 g/mol. The lowest BCUT2D eigenvalue weighted by molar-refractivity contribution is 0.614. The summed E-state index contributed by atoms with van der Waals surface area (Å²) in [6, 6.07) is 32.3. The molecule has 0 amide bonds. The summed E-state index contributed by atoms with van der Waals surface area (Å²) >= 11 is 0. The van der Waals surface area contributed by atoms with E-state index in [0.29, 0.717) is 0 Å². The van der Waals surface area contributed by atoms with Gasteiger partial charge < -0.3 is 0 Å². The van der Waals surface area contributed by atoms with E-state index in [1.807, 2.05) is 0 Å². The van der Waals surface area contributed by atoms with Crippen LogP contribution in [0.3, 0.4) is 0 Å². The number of rotatable bonds is 5. The lowest BCUT2D eigenvalue weighted by Gasteiger charge is -2.30. The minimum Gasteiger partial charge on any atom is -0.147 e. The van der Waals surface area contributed by atoms with Crippen LogP contribution in [-0.4, -0.2) is 0 Å². The Morgan fingerprint density at radius 3 is 1.30 bits per heavy atom. The minimum absolute atomic E-state index is 0. The van der Waals surface area contributed by atoms with Crippen molar-refractivity contribution in [2.24, 2.45) is 0 Å². The Labute approximate surface area is 147 Å². The van der Waals surface area contributed by atoms with Crippen molar-refractivity contribution in [3.63, 3.8) is 0 Å². The molecule has 0 fully saturated rings. The molecule has 0 saturated carbocycles. The summed E-state index contributed by atoms with van der Waals surface area (Å²) in [6.45, 7) is 0. The van der Waals surface area contributed by atoms with Gasteiger partial charge in [0.2, 0.25) is 0 Å². The van der Waals surface area contributed by atoms with Crippen molar-refractivity contribution >= 4 is 21.6 Å². The molecule has 0 saturated heterocycles. The molecule has 118 valence electrons. The smallest absolute Gasteiger partial charge is 0.0178 e. The van der Waals surface area contributed by atoms with Crippen molar-refractivity contribution in [1.82, 2.24) is 0 Å². The molecule has 0 aliphatic rings. The molecule has 0 aromatic heterocycles. The molecule has 3 aromatic carbocycles. The Kier molecular flexibility index (Phi) is 6.39. The molecule has 0 spiro atoms. The second-order valence-corrected chi connectivity index (χ2v) is 6.95. The number of hydrogen-bond acceptors (Lipinski definition) is 0. The lowest BCUT2D eigenvalue weighted by Crippen LogP contribution is -2.24. The first kappa shape index (κ1) is 17.7. The summed E-state index contributed by atoms with van der Waals surface area (Å²) in [7, 11) is 3.13. The van der Waals surface area contributed by atoms with Gasteiger partial charge in [-0.05, 0) is 29.5 Å². The quantitative estimate of drug-likeness (QED) is 0.525. The van der Waals surface area contributed by atoms with Crippen molar-refractivity contribution in [2.45, 2.75) is 18.0 Å². The highest BCUT2D eigenvalue weighted by Crippen LogP contribution is 2.38. The van der Waals surface area contributed by atoms with Crippen LogP contribution in [0.15, 0.2) is 91.0 Å². The molecular weight excluding hydrogens is 319 g/mol. The Morgan fingerprint density at radius 1 is 0.565 bits per heavy atom. The minimum atomic E-state index is 0. The third-order valence-electron chi connectivity index (χ3n) is 4.07. The van der Waals surface area contributed by atoms with E-state index in [0.717, 1.165) is 12.8 Å². The number of halogens is 1. The molecule has 0 radical (unpaired) electrons. The Morgan fingerprint density at radius 2 is 0.913 bits per heavy atom. The summed E-state index contributed by atoms with van der Waals surface area (Å²) < 4.78 is 0. The van der Waals surface area contributed by atoms with Crippen LogP contribution < -0.4 is 0 Å². The van der Waals surface area contributed by atoms with Crippen molar-refractivity contribution in [3.05, 3.63) is 108 Å². The fourth-order valence-corrected chi connectivity index (χ4v) is 3.62. The van der Waals surface area contributed by atoms with Crippen LogP contribution in [0.1, 0.15) is 16.7 Å². The van der Waals surface area contributed by atoms with Crippen LogP contribution in [0.25, 0.3) is 0 Å². The third-order valence-corrected chi connectivity index (χ3v) is 4.82. The van der Waals surface area contributed by atoms with Crippen molar-refractivity contribution < 1.29 is 0 Å². The predicted octanol–water partition coefficient (Wildman–Crippen LogP) is 5.66. The van der Waals surface area contributed by atoms with E-state index < -0.39 is 0 Å². The highest BCUT2D eigenvalue weighted by atomic mass is 35.5. The van der Waals surface area contributed by atoms with E-state index in [1.54, 1.807) is 0 Å². The van der Waals surface area contributed by atoms with Gasteiger partial charge in [-0.2, -0.15) is 0 Å². The van der Waals surface area contributed by atoms with Crippen LogP contribution in [0, 0.1) is 0 Å². The molecule has 3 rings (SSSR count). The number of hydrogen-bond donors (Lipinski definition) is 0. The molecule has 3 aromatic rings. The number of benzene rings is 3. The second-order valence-electron chi connectivity index (χ2n) is 5.85. The Balaban J connectivity index is 0.00000192. The van der Waals surface area contributed by atoms with Gasteiger partial charge >= 0.3 is 0 Å². The largest absolute Gasteiger partial charge is 0.147 e. The van der Waals surface area contributed by atoms with E-state index in [9.17, 15) is 0 Å². The van der Waals surface area contributed by atoms with Gasteiger partial charge in [0.05, 0.1) is 0 Å². The first-order chi connectivity index (χ1) is 10.8. The van der Waals surface area contributed by atoms with Crippen LogP contribution in [0.4, 0.5) is 0 Å². The maximum Gasteiger partial charge on any atom is 0.0178 e. The van der Waals surface area contributed by atoms with Gasteiger partial charge in [0.1, 0.15) is 0 Å². The first-order valence-corrected chi connectivity index (χ1v) is 8.26. The molecule has 0 bridgehead atoms. The fourth-order valence-electron chi connectivity index (χ4n) is 2.96. The molecule has 1 unspecified atom stereocenters. The summed E-state index contributed by atoms with van der Waals surface area (Å²) in [6.07, 6.45) is 2.02. The van der Waals surface area contributed by atoms with Gasteiger partial charge in [0, 0.05) is 5.16 Å². The highest BCUT2D eigenvalue weighted by molar-refractivity contribution is 7.18. The first-order valence-electron chi connectivity index (χ1n) is 7.68. The van der Waals surface area contributed by atoms with Crippen LogP contribution in [0.5, 0.6) is 0 Å². The van der Waals surface area contributed by atoms with E-state index in [-0.39, 0.29) is 17.6 Å². The van der Waals surface area contributed by atoms with E-state index in [4.69, 9.17) is 0 Å². The van der Waals surface area contributed by atoms with E-state index in [2.05, 4.69) is 100 Å². The van der Waals surface area contributed by atoms with Crippen molar-refractivity contribution in [2.75, 3.05) is 0 Å². The molecule has 0 N–H and O–H groups in total. The molecule has 2 heteroatoms. The summed E-state index contributed by atoms with van der Waals surface area (Å²) in [5.74, 6) is 0. The molecular formula is C21H22ClP. The van der Waals surface area contributed by atoms with Crippen molar-refractivity contribution in [1.29, 1.82) is 0 Å². The molecule has 0 heterocycles. The van der Waals surface area contributed by atoms with Gasteiger partial charge in [-0.1, -0.05) is 91.0 Å². The monoisotopic (exact) mass is 340 g/mol. The Bertz CT molecular complexity index is 654. The standard InChI is InChI=1S/C21H21P.ClH/c22-21(20-14-8-3-9-15-20,16-18-10-4-1-5-11-18)17-19-12-6-2-7-13-19;/h1-15H,16-17,22H2;1H. The van der Waals surface area contributed by atoms with Crippen LogP contribution in [-0.2, 0) is 18.0 Å². The van der Waals surface area contributed by atoms with Gasteiger partial charge in [-0.3, -0.25) is 0 Å².